The molecule has 0 radical (unpaired) electrons. The lowest BCUT2D eigenvalue weighted by atomic mass is 9.94. The molecule has 1 atom stereocenters. The highest BCUT2D eigenvalue weighted by Crippen LogP contribution is 2.29. The number of ether oxygens (including phenoxy) is 2. The zero-order valence-corrected chi connectivity index (χ0v) is 18.0. The Kier molecular flexibility index (Phi) is 7.44. The first-order valence-corrected chi connectivity index (χ1v) is 11.6. The number of benzene rings is 1. The van der Waals surface area contributed by atoms with Crippen molar-refractivity contribution in [2.75, 3.05) is 39.9 Å². The topological polar surface area (TPSA) is 24.9 Å². The van der Waals surface area contributed by atoms with E-state index in [-0.39, 0.29) is 5.82 Å². The minimum Gasteiger partial charge on any atom is -0.494 e. The van der Waals surface area contributed by atoms with Gasteiger partial charge in [-0.2, -0.15) is 0 Å². The fourth-order valence-corrected chi connectivity index (χ4v) is 5.48. The van der Waals surface area contributed by atoms with Gasteiger partial charge in [-0.15, -0.1) is 0 Å². The van der Waals surface area contributed by atoms with E-state index in [1.165, 1.54) is 71.2 Å². The molecule has 1 aromatic carbocycles. The summed E-state index contributed by atoms with van der Waals surface area (Å²) in [5, 5.41) is 0. The minimum absolute atomic E-state index is 0.291. The van der Waals surface area contributed by atoms with E-state index < -0.39 is 0 Å². The van der Waals surface area contributed by atoms with Crippen molar-refractivity contribution in [1.82, 2.24) is 9.80 Å². The van der Waals surface area contributed by atoms with Crippen LogP contribution in [0.1, 0.15) is 56.9 Å². The van der Waals surface area contributed by atoms with Crippen molar-refractivity contribution < 1.29 is 13.9 Å². The average molecular weight is 405 g/mol. The minimum atomic E-state index is -0.291. The molecule has 1 aliphatic carbocycles. The van der Waals surface area contributed by atoms with E-state index in [4.69, 9.17) is 9.47 Å². The third kappa shape index (κ3) is 5.71. The van der Waals surface area contributed by atoms with Crippen LogP contribution in [0.15, 0.2) is 18.2 Å². The van der Waals surface area contributed by atoms with Gasteiger partial charge in [0.2, 0.25) is 0 Å². The first kappa shape index (κ1) is 21.1. The predicted octanol–water partition coefficient (Wildman–Crippen LogP) is 4.47. The van der Waals surface area contributed by atoms with Gasteiger partial charge in [0.1, 0.15) is 0 Å². The molecule has 2 heterocycles. The second-order valence-corrected chi connectivity index (χ2v) is 9.22. The molecule has 1 unspecified atom stereocenters. The Bertz CT molecular complexity index is 636. The van der Waals surface area contributed by atoms with Crippen LogP contribution in [0.5, 0.6) is 5.75 Å². The molecule has 1 aromatic rings. The fraction of sp³-hybridized carbons (Fsp3) is 0.750. The lowest BCUT2D eigenvalue weighted by Crippen LogP contribution is -2.43. The Morgan fingerprint density at radius 2 is 1.86 bits per heavy atom. The van der Waals surface area contributed by atoms with Crippen molar-refractivity contribution in [3.63, 3.8) is 0 Å². The van der Waals surface area contributed by atoms with Crippen LogP contribution in [-0.4, -0.2) is 61.8 Å². The molecule has 0 spiro atoms. The van der Waals surface area contributed by atoms with Gasteiger partial charge in [0.15, 0.2) is 11.6 Å². The van der Waals surface area contributed by atoms with Crippen LogP contribution in [-0.2, 0) is 11.3 Å². The number of halogens is 1. The van der Waals surface area contributed by atoms with Gasteiger partial charge in [-0.3, -0.25) is 4.90 Å². The van der Waals surface area contributed by atoms with E-state index in [1.54, 1.807) is 0 Å². The number of methoxy groups -OCH3 is 1. The first-order valence-electron chi connectivity index (χ1n) is 11.6. The molecule has 29 heavy (non-hydrogen) atoms. The largest absolute Gasteiger partial charge is 0.494 e. The Morgan fingerprint density at radius 1 is 1.07 bits per heavy atom. The number of rotatable bonds is 8. The van der Waals surface area contributed by atoms with Gasteiger partial charge in [-0.1, -0.05) is 18.9 Å². The monoisotopic (exact) mass is 404 g/mol. The van der Waals surface area contributed by atoms with E-state index in [0.29, 0.717) is 11.9 Å². The van der Waals surface area contributed by atoms with Crippen molar-refractivity contribution in [3.05, 3.63) is 29.6 Å². The maximum absolute atomic E-state index is 13.8. The molecule has 162 valence electrons. The number of nitrogens with zero attached hydrogens (tertiary/aromatic N) is 2. The standard InChI is InChI=1S/C24H37FN2O2/c1-28-24-15-20(8-9-23(24)25)17-26(18-22-7-4-14-29-22)16-19-10-12-27(13-11-19)21-5-2-3-6-21/h8-9,15,19,21-22H,2-7,10-14,16-18H2,1H3. The highest BCUT2D eigenvalue weighted by Gasteiger charge is 2.29. The molecule has 3 aliphatic rings. The van der Waals surface area contributed by atoms with Crippen molar-refractivity contribution in [2.45, 2.75) is 70.1 Å². The molecular formula is C24H37FN2O2. The van der Waals surface area contributed by atoms with Gasteiger partial charge in [0.05, 0.1) is 13.2 Å². The number of hydrogen-bond acceptors (Lipinski definition) is 4. The molecule has 4 nitrogen and oxygen atoms in total. The van der Waals surface area contributed by atoms with Crippen LogP contribution in [0, 0.1) is 11.7 Å². The SMILES string of the molecule is COc1cc(CN(CC2CCN(C3CCCC3)CC2)CC2CCCO2)ccc1F. The molecule has 3 fully saturated rings. The van der Waals surface area contributed by atoms with Crippen LogP contribution >= 0.6 is 0 Å². The second kappa shape index (κ2) is 10.2. The third-order valence-corrected chi connectivity index (χ3v) is 7.11. The number of likely N-dealkylation sites (tertiary alicyclic amines) is 1. The summed E-state index contributed by atoms with van der Waals surface area (Å²) in [6.45, 7) is 6.32. The second-order valence-electron chi connectivity index (χ2n) is 9.22. The molecule has 1 saturated carbocycles. The Labute approximate surface area is 175 Å². The molecule has 2 saturated heterocycles. The van der Waals surface area contributed by atoms with Gasteiger partial charge in [0, 0.05) is 32.3 Å². The van der Waals surface area contributed by atoms with Crippen LogP contribution < -0.4 is 4.74 Å². The summed E-state index contributed by atoms with van der Waals surface area (Å²) in [7, 11) is 1.53. The van der Waals surface area contributed by atoms with Crippen LogP contribution in [0.3, 0.4) is 0 Å². The molecule has 4 rings (SSSR count). The smallest absolute Gasteiger partial charge is 0.165 e. The van der Waals surface area contributed by atoms with Crippen molar-refractivity contribution in [1.29, 1.82) is 0 Å². The van der Waals surface area contributed by atoms with Gasteiger partial charge in [-0.05, 0) is 75.2 Å². The van der Waals surface area contributed by atoms with Crippen molar-refractivity contribution in [2.24, 2.45) is 5.92 Å². The summed E-state index contributed by atoms with van der Waals surface area (Å²) in [6.07, 6.45) is 10.9. The lowest BCUT2D eigenvalue weighted by molar-refractivity contribution is 0.0539. The van der Waals surface area contributed by atoms with Crippen molar-refractivity contribution >= 4 is 0 Å². The summed E-state index contributed by atoms with van der Waals surface area (Å²) >= 11 is 0. The number of hydrogen-bond donors (Lipinski definition) is 0. The Hall–Kier alpha value is -1.17. The Balaban J connectivity index is 1.35. The highest BCUT2D eigenvalue weighted by molar-refractivity contribution is 5.30. The predicted molar refractivity (Wildman–Crippen MR) is 114 cm³/mol. The summed E-state index contributed by atoms with van der Waals surface area (Å²) < 4.78 is 24.9. The van der Waals surface area contributed by atoms with Gasteiger partial charge in [-0.25, -0.2) is 4.39 Å². The number of piperidine rings is 1. The van der Waals surface area contributed by atoms with Crippen molar-refractivity contribution in [3.8, 4) is 5.75 Å². The van der Waals surface area contributed by atoms with E-state index in [0.717, 1.165) is 50.2 Å². The molecule has 0 amide bonds. The maximum Gasteiger partial charge on any atom is 0.165 e. The van der Waals surface area contributed by atoms with E-state index in [2.05, 4.69) is 9.80 Å². The quantitative estimate of drug-likeness (QED) is 0.638. The molecule has 5 heteroatoms. The maximum atomic E-state index is 13.8. The zero-order chi connectivity index (χ0) is 20.1. The highest BCUT2D eigenvalue weighted by atomic mass is 19.1. The van der Waals surface area contributed by atoms with Crippen LogP contribution in [0.2, 0.25) is 0 Å². The molecular weight excluding hydrogens is 367 g/mol. The van der Waals surface area contributed by atoms with Gasteiger partial charge >= 0.3 is 0 Å². The first-order chi connectivity index (χ1) is 14.2. The normalized spacial score (nSPS) is 24.6. The summed E-state index contributed by atoms with van der Waals surface area (Å²) in [6, 6.07) is 6.12. The van der Waals surface area contributed by atoms with Gasteiger partial charge in [0.25, 0.3) is 0 Å². The molecule has 0 bridgehead atoms. The summed E-state index contributed by atoms with van der Waals surface area (Å²) in [5.74, 6) is 0.794. The molecule has 0 aromatic heterocycles. The van der Waals surface area contributed by atoms with E-state index >= 15 is 0 Å². The molecule has 2 aliphatic heterocycles. The zero-order valence-electron chi connectivity index (χ0n) is 18.0. The van der Waals surface area contributed by atoms with Crippen LogP contribution in [0.25, 0.3) is 0 Å². The molecule has 0 N–H and O–H groups in total. The lowest BCUT2D eigenvalue weighted by Gasteiger charge is -2.38. The van der Waals surface area contributed by atoms with Gasteiger partial charge < -0.3 is 14.4 Å². The van der Waals surface area contributed by atoms with Crippen LogP contribution in [0.4, 0.5) is 4.39 Å². The van der Waals surface area contributed by atoms with E-state index in [1.807, 2.05) is 12.1 Å². The summed E-state index contributed by atoms with van der Waals surface area (Å²) in [5.41, 5.74) is 1.12. The van der Waals surface area contributed by atoms with E-state index in [9.17, 15) is 4.39 Å². The average Bonchev–Trinajstić information content (AvgIpc) is 3.44. The summed E-state index contributed by atoms with van der Waals surface area (Å²) in [4.78, 5) is 5.29. The Morgan fingerprint density at radius 3 is 2.55 bits per heavy atom. The third-order valence-electron chi connectivity index (χ3n) is 7.11. The fourth-order valence-electron chi connectivity index (χ4n) is 5.48.